The molecule has 2 rings (SSSR count). The molecule has 0 aromatic heterocycles. The van der Waals surface area contributed by atoms with E-state index in [1.54, 1.807) is 11.2 Å². The Balaban J connectivity index is 2.40. The molecule has 0 bridgehead atoms. The van der Waals surface area contributed by atoms with Crippen LogP contribution in [0.15, 0.2) is 34.9 Å². The summed E-state index contributed by atoms with van der Waals surface area (Å²) < 4.78 is 0. The second kappa shape index (κ2) is 1.51. The molecule has 0 saturated carbocycles. The second-order valence-electron chi connectivity index (χ2n) is 1.68. The van der Waals surface area contributed by atoms with Crippen molar-refractivity contribution in [1.82, 2.24) is 10.1 Å². The fraction of sp³-hybridized carbons (Fsp3) is 0. The fourth-order valence-electron chi connectivity index (χ4n) is 0.689. The van der Waals surface area contributed by atoms with E-state index in [0.29, 0.717) is 0 Å². The number of nitrogens with zero attached hydrogens (tertiary/aromatic N) is 4. The Morgan fingerprint density at radius 1 is 1.44 bits per heavy atom. The minimum absolute atomic E-state index is 0.775. The summed E-state index contributed by atoms with van der Waals surface area (Å²) in [4.78, 5) is 0. The van der Waals surface area contributed by atoms with Crippen LogP contribution in [-0.2, 0) is 0 Å². The summed E-state index contributed by atoms with van der Waals surface area (Å²) in [5, 5.41) is 12.5. The number of fused-ring (bicyclic) bond motifs is 1. The van der Waals surface area contributed by atoms with E-state index in [1.165, 1.54) is 0 Å². The molecule has 43 valence electrons. The number of hydrogen-bond acceptors (Lipinski definition) is 4. The van der Waals surface area contributed by atoms with Gasteiger partial charge in [-0.2, -0.15) is 0 Å². The quantitative estimate of drug-likeness (QED) is 0.456. The fourth-order valence-corrected chi connectivity index (χ4v) is 0.689. The molecule has 0 atom stereocenters. The van der Waals surface area contributed by atoms with Crippen molar-refractivity contribution in [2.75, 3.05) is 0 Å². The van der Waals surface area contributed by atoms with Crippen LogP contribution in [0.5, 0.6) is 0 Å². The standard InChI is InChI=1S/C5H4N4/c1-2-4-9-5(3-1)6-7-8-9/h1-4H/q+1. The monoisotopic (exact) mass is 120 g/mol. The van der Waals surface area contributed by atoms with E-state index in [4.69, 9.17) is 0 Å². The number of allylic oxidation sites excluding steroid dienone is 2. The van der Waals surface area contributed by atoms with Gasteiger partial charge >= 0.3 is 5.84 Å². The number of amidine groups is 1. The van der Waals surface area contributed by atoms with E-state index in [2.05, 4.69) is 15.5 Å². The zero-order chi connectivity index (χ0) is 6.10. The van der Waals surface area contributed by atoms with Crippen LogP contribution in [0.4, 0.5) is 0 Å². The summed E-state index contributed by atoms with van der Waals surface area (Å²) in [7, 11) is 0. The molecule has 4 nitrogen and oxygen atoms in total. The largest absolute Gasteiger partial charge is 0.327 e. The van der Waals surface area contributed by atoms with Crippen LogP contribution >= 0.6 is 0 Å². The average molecular weight is 120 g/mol. The SMILES string of the molecule is C1=CC2=[N+]N=NN2C=C1. The number of hydrogen-bond donors (Lipinski definition) is 0. The van der Waals surface area contributed by atoms with Gasteiger partial charge in [-0.3, -0.25) is 0 Å². The van der Waals surface area contributed by atoms with Gasteiger partial charge < -0.3 is 0 Å². The number of rotatable bonds is 0. The molecule has 0 aromatic carbocycles. The van der Waals surface area contributed by atoms with E-state index >= 15 is 0 Å². The summed E-state index contributed by atoms with van der Waals surface area (Å²) in [5.41, 5.74) is 0. The average Bonchev–Trinajstić information content (AvgIpc) is 2.33. The van der Waals surface area contributed by atoms with Crippen LogP contribution < -0.4 is 5.10 Å². The molecule has 0 saturated heterocycles. The lowest BCUT2D eigenvalue weighted by molar-refractivity contribution is 0.583. The molecule has 2 heterocycles. The Bertz CT molecular complexity index is 235. The molecule has 0 fully saturated rings. The minimum atomic E-state index is 0.775. The van der Waals surface area contributed by atoms with Crippen molar-refractivity contribution in [2.24, 2.45) is 10.4 Å². The molecule has 2 aliphatic heterocycles. The maximum atomic E-state index is 3.72. The predicted octanol–water partition coefficient (Wildman–Crippen LogP) is 0.402. The molecular formula is C5H4N4+. The van der Waals surface area contributed by atoms with Crippen molar-refractivity contribution in [1.29, 1.82) is 0 Å². The van der Waals surface area contributed by atoms with Crippen molar-refractivity contribution < 1.29 is 0 Å². The molecule has 0 N–H and O–H groups in total. The van der Waals surface area contributed by atoms with Crippen molar-refractivity contribution in [3.63, 3.8) is 0 Å². The van der Waals surface area contributed by atoms with Gasteiger partial charge in [0.15, 0.2) is 5.22 Å². The Labute approximate surface area is 51.9 Å². The molecule has 0 spiro atoms. The molecule has 1 radical (unpaired) electrons. The third-order valence-corrected chi connectivity index (χ3v) is 1.10. The maximum Gasteiger partial charge on any atom is 0.327 e. The Kier molecular flexibility index (Phi) is 0.745. The third-order valence-electron chi connectivity index (χ3n) is 1.10. The van der Waals surface area contributed by atoms with Gasteiger partial charge in [-0.05, 0) is 6.08 Å². The highest BCUT2D eigenvalue weighted by Crippen LogP contribution is 2.04. The van der Waals surface area contributed by atoms with Gasteiger partial charge in [0.2, 0.25) is 0 Å². The normalized spacial score (nSPS) is 20.4. The lowest BCUT2D eigenvalue weighted by Gasteiger charge is -1.95. The highest BCUT2D eigenvalue weighted by atomic mass is 15.7. The zero-order valence-electron chi connectivity index (χ0n) is 4.60. The van der Waals surface area contributed by atoms with E-state index in [0.717, 1.165) is 5.84 Å². The molecular weight excluding hydrogens is 116 g/mol. The molecule has 9 heavy (non-hydrogen) atoms. The van der Waals surface area contributed by atoms with Gasteiger partial charge in [-0.15, -0.1) is 0 Å². The first-order valence-corrected chi connectivity index (χ1v) is 2.59. The topological polar surface area (TPSA) is 42.1 Å². The first-order chi connectivity index (χ1) is 4.47. The van der Waals surface area contributed by atoms with Crippen LogP contribution in [0.1, 0.15) is 0 Å². The van der Waals surface area contributed by atoms with Crippen molar-refractivity contribution in [2.45, 2.75) is 0 Å². The van der Waals surface area contributed by atoms with Crippen LogP contribution in [0.25, 0.3) is 0 Å². The third kappa shape index (κ3) is 0.561. The molecule has 4 heteroatoms. The molecule has 2 aliphatic rings. The summed E-state index contributed by atoms with van der Waals surface area (Å²) in [5.74, 6) is 0.775. The summed E-state index contributed by atoms with van der Waals surface area (Å²) >= 11 is 0. The van der Waals surface area contributed by atoms with Crippen LogP contribution in [0.3, 0.4) is 0 Å². The molecule has 0 amide bonds. The van der Waals surface area contributed by atoms with Gasteiger partial charge in [-0.25, -0.2) is 0 Å². The summed E-state index contributed by atoms with van der Waals surface area (Å²) in [6, 6.07) is 0. The lowest BCUT2D eigenvalue weighted by atomic mass is 10.4. The first kappa shape index (κ1) is 4.43. The predicted molar refractivity (Wildman–Crippen MR) is 32.1 cm³/mol. The molecule has 0 aromatic rings. The van der Waals surface area contributed by atoms with E-state index in [1.807, 2.05) is 18.2 Å². The van der Waals surface area contributed by atoms with Gasteiger partial charge in [0.1, 0.15) is 11.4 Å². The van der Waals surface area contributed by atoms with Crippen molar-refractivity contribution >= 4 is 5.84 Å². The smallest absolute Gasteiger partial charge is 0.0531 e. The van der Waals surface area contributed by atoms with Gasteiger partial charge in [0.25, 0.3) is 0 Å². The minimum Gasteiger partial charge on any atom is -0.0531 e. The highest BCUT2D eigenvalue weighted by Gasteiger charge is 2.23. The second-order valence-corrected chi connectivity index (χ2v) is 1.68. The molecule has 0 aliphatic carbocycles. The maximum absolute atomic E-state index is 3.72. The summed E-state index contributed by atoms with van der Waals surface area (Å²) in [6.45, 7) is 0. The van der Waals surface area contributed by atoms with E-state index in [-0.39, 0.29) is 0 Å². The van der Waals surface area contributed by atoms with Crippen molar-refractivity contribution in [3.8, 4) is 0 Å². The summed E-state index contributed by atoms with van der Waals surface area (Å²) in [6.07, 6.45) is 7.42. The van der Waals surface area contributed by atoms with Gasteiger partial charge in [-0.1, -0.05) is 11.1 Å². The van der Waals surface area contributed by atoms with Gasteiger partial charge in [0, 0.05) is 6.08 Å². The van der Waals surface area contributed by atoms with Crippen LogP contribution in [-0.4, -0.2) is 10.8 Å². The Morgan fingerprint density at radius 3 is 3.33 bits per heavy atom. The Hall–Kier alpha value is -1.45. The highest BCUT2D eigenvalue weighted by molar-refractivity contribution is 5.93. The lowest BCUT2D eigenvalue weighted by Crippen LogP contribution is -2.17. The van der Waals surface area contributed by atoms with Crippen LogP contribution in [0, 0.1) is 0 Å². The zero-order valence-corrected chi connectivity index (χ0v) is 4.60. The van der Waals surface area contributed by atoms with E-state index in [9.17, 15) is 0 Å². The van der Waals surface area contributed by atoms with Gasteiger partial charge in [0.05, 0.1) is 5.10 Å². The first-order valence-electron chi connectivity index (χ1n) is 2.59. The molecule has 0 unspecified atom stereocenters. The van der Waals surface area contributed by atoms with Crippen molar-refractivity contribution in [3.05, 3.63) is 24.4 Å². The Morgan fingerprint density at radius 2 is 2.44 bits per heavy atom. The van der Waals surface area contributed by atoms with Crippen LogP contribution in [0.2, 0.25) is 0 Å². The van der Waals surface area contributed by atoms with E-state index < -0.39 is 0 Å².